The Balaban J connectivity index is 1.01. The molecule has 2 bridgehead atoms. The van der Waals surface area contributed by atoms with Crippen LogP contribution in [0, 0.1) is 17.7 Å². The van der Waals surface area contributed by atoms with Gasteiger partial charge in [0.2, 0.25) is 11.8 Å². The number of piperidine rings is 1. The number of ether oxygens (including phenoxy) is 2. The molecule has 3 heterocycles. The van der Waals surface area contributed by atoms with E-state index in [-0.39, 0.29) is 42.3 Å². The Bertz CT molecular complexity index is 2630. The van der Waals surface area contributed by atoms with E-state index in [1.165, 1.54) is 20.3 Å². The van der Waals surface area contributed by atoms with Crippen LogP contribution >= 0.6 is 0 Å². The summed E-state index contributed by atoms with van der Waals surface area (Å²) in [4.78, 5) is 72.1. The van der Waals surface area contributed by atoms with Gasteiger partial charge in [0.1, 0.15) is 29.5 Å². The zero-order valence-electron chi connectivity index (χ0n) is 35.4. The average molecular weight is 843 g/mol. The molecular formula is C47H51FN8O6. The number of rotatable bonds is 13. The number of benzene rings is 4. The number of halogens is 1. The van der Waals surface area contributed by atoms with Gasteiger partial charge < -0.3 is 39.9 Å². The molecule has 15 heteroatoms. The summed E-state index contributed by atoms with van der Waals surface area (Å²) in [6.07, 6.45) is 3.65. The van der Waals surface area contributed by atoms with Crippen molar-refractivity contribution >= 4 is 45.8 Å². The molecule has 6 aromatic rings. The van der Waals surface area contributed by atoms with Crippen LogP contribution in [0.15, 0.2) is 85.1 Å². The van der Waals surface area contributed by atoms with Gasteiger partial charge in [-0.2, -0.15) is 0 Å². The SMILES string of the molecule is CCCN(Cc1nc2ccc3cc(-c4ccc(-c5cnc(C6[C@H]7CC[C@H](C7)N6C(=O)[C@@H](NC(=O)OC)C(C)C)[nH]5)c(F)c4)ccc3c2[nH]1)C(=O)[C@H](NC(=O)OC)c1ccccc1. The van der Waals surface area contributed by atoms with Crippen LogP contribution in [0.3, 0.4) is 0 Å². The second kappa shape index (κ2) is 17.7. The van der Waals surface area contributed by atoms with Crippen molar-refractivity contribution < 1.29 is 33.0 Å². The van der Waals surface area contributed by atoms with Crippen LogP contribution in [0.4, 0.5) is 14.0 Å². The fraction of sp³-hybridized carbons (Fsp3) is 0.362. The van der Waals surface area contributed by atoms with E-state index in [9.17, 15) is 19.2 Å². The molecular weight excluding hydrogens is 792 g/mol. The van der Waals surface area contributed by atoms with Gasteiger partial charge in [-0.1, -0.05) is 75.4 Å². The Morgan fingerprint density at radius 1 is 0.919 bits per heavy atom. The summed E-state index contributed by atoms with van der Waals surface area (Å²) in [6.45, 7) is 6.40. The number of likely N-dealkylation sites (tertiary alicyclic amines) is 1. The van der Waals surface area contributed by atoms with E-state index in [0.717, 1.165) is 46.6 Å². The van der Waals surface area contributed by atoms with Gasteiger partial charge >= 0.3 is 12.2 Å². The summed E-state index contributed by atoms with van der Waals surface area (Å²) in [6, 6.07) is 22.1. The molecule has 2 fully saturated rings. The highest BCUT2D eigenvalue weighted by Gasteiger charge is 2.51. The predicted octanol–water partition coefficient (Wildman–Crippen LogP) is 8.18. The maximum atomic E-state index is 16.0. The molecule has 1 aliphatic heterocycles. The van der Waals surface area contributed by atoms with E-state index < -0.39 is 30.1 Å². The number of fused-ring (bicyclic) bond motifs is 5. The first kappa shape index (κ1) is 41.9. The third kappa shape index (κ3) is 8.18. The molecule has 0 radical (unpaired) electrons. The Morgan fingerprint density at radius 2 is 1.66 bits per heavy atom. The molecule has 1 aliphatic carbocycles. The number of hydrogen-bond acceptors (Lipinski definition) is 8. The standard InChI is InChI=1S/C47H51FN8O6/c1-6-20-55(44(57)40(54-47(60)62-5)27-10-8-7-9-11-27)25-38-50-36-19-15-30-21-28(13-17-33(30)41(36)52-38)29-14-18-34(35(48)23-29)37-24-49-43(51-37)42-31-12-16-32(22-31)56(42)45(58)39(26(2)3)53-46(59)61-4/h7-11,13-15,17-19,21,23-24,26,31-32,39-40,42H,6,12,16,20,22,25H2,1-5H3,(H,49,51)(H,50,52)(H,53,59)(H,54,60)/t31-,32+,39-,40+,42?/m0/s1. The lowest BCUT2D eigenvalue weighted by Crippen LogP contribution is -2.54. The van der Waals surface area contributed by atoms with Crippen molar-refractivity contribution in [3.05, 3.63) is 108 Å². The van der Waals surface area contributed by atoms with Gasteiger partial charge in [-0.05, 0) is 83.9 Å². The number of carbonyl (C=O) groups is 4. The van der Waals surface area contributed by atoms with Gasteiger partial charge in [0.05, 0.1) is 49.7 Å². The van der Waals surface area contributed by atoms with E-state index in [1.807, 2.05) is 80.3 Å². The molecule has 4 amide bonds. The second-order valence-electron chi connectivity index (χ2n) is 16.5. The Morgan fingerprint density at radius 3 is 2.39 bits per heavy atom. The Labute approximate surface area is 358 Å². The minimum atomic E-state index is -0.938. The first-order valence-corrected chi connectivity index (χ1v) is 21.1. The number of amides is 4. The zero-order valence-corrected chi connectivity index (χ0v) is 35.4. The number of hydrogen-bond donors (Lipinski definition) is 4. The summed E-state index contributed by atoms with van der Waals surface area (Å²) in [5.41, 5.74) is 4.59. The molecule has 5 atom stereocenters. The molecule has 62 heavy (non-hydrogen) atoms. The summed E-state index contributed by atoms with van der Waals surface area (Å²) < 4.78 is 25.7. The number of nitrogens with zero attached hydrogens (tertiary/aromatic N) is 4. The highest BCUT2D eigenvalue weighted by molar-refractivity contribution is 6.05. The van der Waals surface area contributed by atoms with Gasteiger partial charge in [0.25, 0.3) is 0 Å². The lowest BCUT2D eigenvalue weighted by atomic mass is 9.95. The van der Waals surface area contributed by atoms with E-state index in [2.05, 4.69) is 25.6 Å². The molecule has 14 nitrogen and oxygen atoms in total. The number of H-pyrrole nitrogens is 2. The molecule has 322 valence electrons. The summed E-state index contributed by atoms with van der Waals surface area (Å²) in [7, 11) is 2.54. The monoisotopic (exact) mass is 842 g/mol. The second-order valence-corrected chi connectivity index (χ2v) is 16.5. The van der Waals surface area contributed by atoms with Gasteiger partial charge in [-0.25, -0.2) is 23.9 Å². The number of alkyl carbamates (subject to hydrolysis) is 2. The molecule has 4 N–H and O–H groups in total. The molecule has 0 spiro atoms. The highest BCUT2D eigenvalue weighted by atomic mass is 19.1. The number of methoxy groups -OCH3 is 2. The van der Waals surface area contributed by atoms with Crippen molar-refractivity contribution in [2.24, 2.45) is 11.8 Å². The fourth-order valence-electron chi connectivity index (χ4n) is 9.18. The predicted molar refractivity (Wildman–Crippen MR) is 232 cm³/mol. The van der Waals surface area contributed by atoms with Crippen LogP contribution in [0.25, 0.3) is 44.2 Å². The maximum absolute atomic E-state index is 16.0. The van der Waals surface area contributed by atoms with Crippen molar-refractivity contribution in [1.29, 1.82) is 0 Å². The normalized spacial score (nSPS) is 17.9. The summed E-state index contributed by atoms with van der Waals surface area (Å²) >= 11 is 0. The van der Waals surface area contributed by atoms with E-state index in [1.54, 1.807) is 29.3 Å². The molecule has 1 saturated carbocycles. The van der Waals surface area contributed by atoms with E-state index in [0.29, 0.717) is 47.0 Å². The van der Waals surface area contributed by atoms with E-state index >= 15 is 4.39 Å². The van der Waals surface area contributed by atoms with Crippen molar-refractivity contribution in [2.45, 2.75) is 77.2 Å². The molecule has 2 aliphatic rings. The van der Waals surface area contributed by atoms with Crippen LogP contribution in [0.1, 0.15) is 75.8 Å². The number of carbonyl (C=O) groups excluding carboxylic acids is 4. The van der Waals surface area contributed by atoms with Crippen LogP contribution in [-0.4, -0.2) is 86.6 Å². The van der Waals surface area contributed by atoms with Gasteiger partial charge in [0, 0.05) is 23.5 Å². The fourth-order valence-corrected chi connectivity index (χ4v) is 9.18. The number of aromatic amines is 2. The Kier molecular flexibility index (Phi) is 12.0. The third-order valence-corrected chi connectivity index (χ3v) is 12.2. The lowest BCUT2D eigenvalue weighted by molar-refractivity contribution is -0.139. The maximum Gasteiger partial charge on any atom is 0.407 e. The zero-order chi connectivity index (χ0) is 43.7. The molecule has 4 aromatic carbocycles. The van der Waals surface area contributed by atoms with Crippen molar-refractivity contribution in [3.63, 3.8) is 0 Å². The van der Waals surface area contributed by atoms with Crippen LogP contribution < -0.4 is 10.6 Å². The number of imidazole rings is 2. The average Bonchev–Trinajstić information content (AvgIpc) is 4.11. The number of nitrogens with one attached hydrogen (secondary N) is 4. The lowest BCUT2D eigenvalue weighted by Gasteiger charge is -2.37. The molecule has 1 unspecified atom stereocenters. The number of aromatic nitrogens is 4. The molecule has 2 aromatic heterocycles. The van der Waals surface area contributed by atoms with Gasteiger partial charge in [-0.3, -0.25) is 9.59 Å². The molecule has 8 rings (SSSR count). The van der Waals surface area contributed by atoms with Crippen molar-refractivity contribution in [1.82, 2.24) is 40.4 Å². The smallest absolute Gasteiger partial charge is 0.407 e. The largest absolute Gasteiger partial charge is 0.453 e. The van der Waals surface area contributed by atoms with Crippen LogP contribution in [0.5, 0.6) is 0 Å². The quantitative estimate of drug-likeness (QED) is 0.0901. The first-order valence-electron chi connectivity index (χ1n) is 21.1. The minimum absolute atomic E-state index is 0.0411. The molecule has 1 saturated heterocycles. The topological polar surface area (TPSA) is 175 Å². The van der Waals surface area contributed by atoms with Gasteiger partial charge in [-0.15, -0.1) is 0 Å². The third-order valence-electron chi connectivity index (χ3n) is 12.2. The first-order chi connectivity index (χ1) is 30.0. The van der Waals surface area contributed by atoms with Crippen molar-refractivity contribution in [3.8, 4) is 22.4 Å². The summed E-state index contributed by atoms with van der Waals surface area (Å²) in [5.74, 6) is 0.369. The van der Waals surface area contributed by atoms with Crippen LogP contribution in [0.2, 0.25) is 0 Å². The van der Waals surface area contributed by atoms with E-state index in [4.69, 9.17) is 14.5 Å². The van der Waals surface area contributed by atoms with Crippen molar-refractivity contribution in [2.75, 3.05) is 20.8 Å². The minimum Gasteiger partial charge on any atom is -0.453 e. The van der Waals surface area contributed by atoms with Gasteiger partial charge in [0.15, 0.2) is 0 Å². The highest BCUT2D eigenvalue weighted by Crippen LogP contribution is 2.50. The van der Waals surface area contributed by atoms with Crippen LogP contribution in [-0.2, 0) is 25.6 Å². The summed E-state index contributed by atoms with van der Waals surface area (Å²) in [5, 5.41) is 7.25. The Hall–Kier alpha value is -6.77.